The Morgan fingerprint density at radius 3 is 2.70 bits per heavy atom. The lowest BCUT2D eigenvalue weighted by molar-refractivity contribution is -0.119. The first-order chi connectivity index (χ1) is 9.70. The normalized spacial score (nSPS) is 9.55. The van der Waals surface area contributed by atoms with Crippen LogP contribution in [0.4, 0.5) is 5.69 Å². The van der Waals surface area contributed by atoms with Gasteiger partial charge >= 0.3 is 5.91 Å². The number of carbonyl (C=O) groups excluding carboxylic acids is 1. The second-order valence-electron chi connectivity index (χ2n) is 3.97. The van der Waals surface area contributed by atoms with E-state index in [1.807, 2.05) is 42.5 Å². The van der Waals surface area contributed by atoms with E-state index in [1.54, 1.807) is 0 Å². The number of nitrogens with zero attached hydrogens (tertiary/aromatic N) is 1. The molecule has 20 heavy (non-hydrogen) atoms. The molecule has 0 bridgehead atoms. The molecule has 0 aliphatic heterocycles. The van der Waals surface area contributed by atoms with Crippen LogP contribution < -0.4 is 16.2 Å². The lowest BCUT2D eigenvalue weighted by atomic mass is 10.1. The Balaban J connectivity index is 2.03. The minimum Gasteiger partial charge on any atom is -0.331 e. The van der Waals surface area contributed by atoms with E-state index in [0.29, 0.717) is 0 Å². The number of nitrogens with one attached hydrogen (secondary N) is 3. The summed E-state index contributed by atoms with van der Waals surface area (Å²) >= 11 is 5.09. The van der Waals surface area contributed by atoms with E-state index in [9.17, 15) is 4.79 Å². The zero-order chi connectivity index (χ0) is 14.4. The Morgan fingerprint density at radius 1 is 1.15 bits per heavy atom. The Kier molecular flexibility index (Phi) is 4.47. The smallest absolute Gasteiger partial charge is 0.318 e. The molecule has 1 amide bonds. The second-order valence-corrected chi connectivity index (χ2v) is 4.38. The van der Waals surface area contributed by atoms with Gasteiger partial charge in [-0.3, -0.25) is 15.6 Å². The Labute approximate surface area is 121 Å². The molecule has 0 unspecified atom stereocenters. The SMILES string of the molecule is [C-]#[N+]CC(=O)NNC(=S)Nc1cccc2ccccc12. The molecular weight excluding hydrogens is 272 g/mol. The van der Waals surface area contributed by atoms with Gasteiger partial charge in [0, 0.05) is 11.1 Å². The van der Waals surface area contributed by atoms with Gasteiger partial charge in [-0.15, -0.1) is 0 Å². The highest BCUT2D eigenvalue weighted by atomic mass is 32.1. The average molecular weight is 284 g/mol. The molecule has 0 fully saturated rings. The number of fused-ring (bicyclic) bond motifs is 1. The lowest BCUT2D eigenvalue weighted by Gasteiger charge is -2.12. The molecule has 0 saturated heterocycles. The summed E-state index contributed by atoms with van der Waals surface area (Å²) in [5.74, 6) is -0.429. The van der Waals surface area contributed by atoms with Crippen molar-refractivity contribution in [3.8, 4) is 0 Å². The first-order valence-corrected chi connectivity index (χ1v) is 6.28. The maximum Gasteiger partial charge on any atom is 0.318 e. The van der Waals surface area contributed by atoms with Crippen LogP contribution in [-0.4, -0.2) is 17.6 Å². The highest BCUT2D eigenvalue weighted by Crippen LogP contribution is 2.22. The molecule has 0 aliphatic rings. The second kappa shape index (κ2) is 6.50. The van der Waals surface area contributed by atoms with E-state index in [1.165, 1.54) is 0 Å². The molecule has 0 radical (unpaired) electrons. The van der Waals surface area contributed by atoms with Crippen LogP contribution in [0.2, 0.25) is 0 Å². The standard InChI is InChI=1S/C14H12N4OS/c1-15-9-13(19)17-18-14(20)16-12-8-4-6-10-5-2-3-7-11(10)12/h2-8H,9H2,(H,17,19)(H2,16,18,20). The van der Waals surface area contributed by atoms with E-state index in [-0.39, 0.29) is 11.7 Å². The number of amides is 1. The van der Waals surface area contributed by atoms with Crippen molar-refractivity contribution in [2.45, 2.75) is 0 Å². The van der Waals surface area contributed by atoms with E-state index in [2.05, 4.69) is 21.0 Å². The maximum absolute atomic E-state index is 11.1. The molecule has 2 rings (SSSR count). The summed E-state index contributed by atoms with van der Waals surface area (Å²) in [5.41, 5.74) is 5.75. The highest BCUT2D eigenvalue weighted by Gasteiger charge is 2.05. The molecule has 3 N–H and O–H groups in total. The van der Waals surface area contributed by atoms with Gasteiger partial charge in [-0.25, -0.2) is 6.57 Å². The van der Waals surface area contributed by atoms with Crippen molar-refractivity contribution in [2.75, 3.05) is 11.9 Å². The van der Waals surface area contributed by atoms with E-state index in [4.69, 9.17) is 18.8 Å². The summed E-state index contributed by atoms with van der Waals surface area (Å²) in [6.45, 7) is 6.34. The van der Waals surface area contributed by atoms with Crippen molar-refractivity contribution < 1.29 is 4.79 Å². The molecule has 0 saturated carbocycles. The molecule has 0 heterocycles. The van der Waals surface area contributed by atoms with Crippen LogP contribution in [0.25, 0.3) is 15.6 Å². The summed E-state index contributed by atoms with van der Waals surface area (Å²) < 4.78 is 0. The fourth-order valence-electron chi connectivity index (χ4n) is 1.73. The van der Waals surface area contributed by atoms with Gasteiger partial charge in [0.25, 0.3) is 6.54 Å². The quantitative estimate of drug-likeness (QED) is 0.449. The summed E-state index contributed by atoms with van der Waals surface area (Å²) in [6.07, 6.45) is 0. The topological polar surface area (TPSA) is 57.5 Å². The average Bonchev–Trinajstić information content (AvgIpc) is 2.46. The summed E-state index contributed by atoms with van der Waals surface area (Å²) in [6, 6.07) is 13.7. The number of hydrogen-bond acceptors (Lipinski definition) is 2. The highest BCUT2D eigenvalue weighted by molar-refractivity contribution is 7.80. The molecule has 0 atom stereocenters. The minimum atomic E-state index is -0.429. The predicted octanol–water partition coefficient (Wildman–Crippen LogP) is 2.08. The zero-order valence-electron chi connectivity index (χ0n) is 10.5. The van der Waals surface area contributed by atoms with Gasteiger partial charge in [0.1, 0.15) is 0 Å². The van der Waals surface area contributed by atoms with Gasteiger partial charge in [-0.1, -0.05) is 36.4 Å². The maximum atomic E-state index is 11.1. The van der Waals surface area contributed by atoms with E-state index >= 15 is 0 Å². The van der Waals surface area contributed by atoms with Crippen molar-refractivity contribution in [1.82, 2.24) is 10.9 Å². The first kappa shape index (κ1) is 13.8. The molecule has 0 aliphatic carbocycles. The number of hydrogen-bond donors (Lipinski definition) is 3. The third kappa shape index (κ3) is 3.43. The van der Waals surface area contributed by atoms with Gasteiger partial charge in [0.2, 0.25) is 0 Å². The first-order valence-electron chi connectivity index (χ1n) is 5.87. The monoisotopic (exact) mass is 284 g/mol. The largest absolute Gasteiger partial charge is 0.331 e. The Hall–Kier alpha value is -2.65. The third-order valence-corrected chi connectivity index (χ3v) is 2.78. The zero-order valence-corrected chi connectivity index (χ0v) is 11.3. The number of thiocarbonyl (C=S) groups is 1. The minimum absolute atomic E-state index is 0.232. The molecular formula is C14H12N4OS. The van der Waals surface area contributed by atoms with Gasteiger partial charge in [0.15, 0.2) is 5.11 Å². The van der Waals surface area contributed by atoms with Crippen molar-refractivity contribution >= 4 is 39.7 Å². The Morgan fingerprint density at radius 2 is 1.90 bits per heavy atom. The lowest BCUT2D eigenvalue weighted by Crippen LogP contribution is -2.44. The number of carbonyl (C=O) groups is 1. The van der Waals surface area contributed by atoms with Crippen LogP contribution in [0.15, 0.2) is 42.5 Å². The fourth-order valence-corrected chi connectivity index (χ4v) is 1.89. The van der Waals surface area contributed by atoms with Gasteiger partial charge < -0.3 is 10.2 Å². The summed E-state index contributed by atoms with van der Waals surface area (Å²) in [7, 11) is 0. The molecule has 0 aromatic heterocycles. The van der Waals surface area contributed by atoms with E-state index in [0.717, 1.165) is 16.5 Å². The molecule has 5 nitrogen and oxygen atoms in total. The number of benzene rings is 2. The van der Waals surface area contributed by atoms with Gasteiger partial charge in [-0.2, -0.15) is 0 Å². The van der Waals surface area contributed by atoms with Gasteiger partial charge in [-0.05, 0) is 23.7 Å². The van der Waals surface area contributed by atoms with Crippen molar-refractivity contribution in [1.29, 1.82) is 0 Å². The number of hydrazine groups is 1. The van der Waals surface area contributed by atoms with Crippen molar-refractivity contribution in [3.05, 3.63) is 53.9 Å². The predicted molar refractivity (Wildman–Crippen MR) is 82.9 cm³/mol. The van der Waals surface area contributed by atoms with Crippen LogP contribution in [-0.2, 0) is 4.79 Å². The van der Waals surface area contributed by atoms with Crippen LogP contribution >= 0.6 is 12.2 Å². The number of anilines is 1. The summed E-state index contributed by atoms with van der Waals surface area (Å²) in [4.78, 5) is 14.1. The van der Waals surface area contributed by atoms with Gasteiger partial charge in [0.05, 0.1) is 0 Å². The van der Waals surface area contributed by atoms with Crippen molar-refractivity contribution in [3.63, 3.8) is 0 Å². The molecule has 100 valence electrons. The van der Waals surface area contributed by atoms with Crippen LogP contribution in [0.3, 0.4) is 0 Å². The summed E-state index contributed by atoms with van der Waals surface area (Å²) in [5, 5.41) is 5.40. The van der Waals surface area contributed by atoms with Crippen LogP contribution in [0.1, 0.15) is 0 Å². The van der Waals surface area contributed by atoms with Crippen LogP contribution in [0.5, 0.6) is 0 Å². The molecule has 0 spiro atoms. The van der Waals surface area contributed by atoms with E-state index < -0.39 is 5.91 Å². The fraction of sp³-hybridized carbons (Fsp3) is 0.0714. The van der Waals surface area contributed by atoms with Crippen LogP contribution in [0, 0.1) is 6.57 Å². The molecule has 6 heteroatoms. The number of rotatable bonds is 2. The molecule has 2 aromatic carbocycles. The third-order valence-electron chi connectivity index (χ3n) is 2.58. The molecule has 2 aromatic rings. The van der Waals surface area contributed by atoms with Crippen molar-refractivity contribution in [2.24, 2.45) is 0 Å². The Bertz CT molecular complexity index is 688.